The fraction of sp³-hybridized carbons (Fsp3) is 0.600. The van der Waals surface area contributed by atoms with Crippen molar-refractivity contribution in [3.63, 3.8) is 0 Å². The van der Waals surface area contributed by atoms with Crippen LogP contribution < -0.4 is 10.6 Å². The highest BCUT2D eigenvalue weighted by Crippen LogP contribution is 2.23. The van der Waals surface area contributed by atoms with Gasteiger partial charge in [-0.2, -0.15) is 0 Å². The van der Waals surface area contributed by atoms with Crippen LogP contribution in [-0.4, -0.2) is 38.1 Å². The summed E-state index contributed by atoms with van der Waals surface area (Å²) >= 11 is 0. The third kappa shape index (κ3) is 3.31. The number of likely N-dealkylation sites (N-methyl/N-ethyl adjacent to an activating group) is 1. The van der Waals surface area contributed by atoms with Gasteiger partial charge in [0.05, 0.1) is 0 Å². The summed E-state index contributed by atoms with van der Waals surface area (Å²) in [6.45, 7) is 5.38. The molecule has 100 valence electrons. The van der Waals surface area contributed by atoms with E-state index in [4.69, 9.17) is 0 Å². The molecule has 3 heteroatoms. The summed E-state index contributed by atoms with van der Waals surface area (Å²) in [4.78, 5) is 2.26. The third-order valence-electron chi connectivity index (χ3n) is 3.90. The molecule has 0 radical (unpaired) electrons. The predicted molar refractivity (Wildman–Crippen MR) is 76.7 cm³/mol. The molecule has 0 aliphatic carbocycles. The molecule has 0 saturated carbocycles. The van der Waals surface area contributed by atoms with Gasteiger partial charge in [-0.25, -0.2) is 0 Å². The second-order valence-corrected chi connectivity index (χ2v) is 5.44. The minimum atomic E-state index is 0.485. The lowest BCUT2D eigenvalue weighted by atomic mass is 9.99. The van der Waals surface area contributed by atoms with Crippen LogP contribution in [0.1, 0.15) is 30.5 Å². The van der Waals surface area contributed by atoms with Crippen molar-refractivity contribution in [2.24, 2.45) is 0 Å². The standard InChI is InChI=1S/C15H25N3/c1-12(18(2)3)10-17-15-8-9-16-11-13-6-4-5-7-14(13)15/h4-7,12,15-17H,8-11H2,1-3H3. The van der Waals surface area contributed by atoms with Crippen LogP contribution in [0.4, 0.5) is 0 Å². The molecule has 1 aromatic carbocycles. The van der Waals surface area contributed by atoms with E-state index >= 15 is 0 Å². The Morgan fingerprint density at radius 1 is 1.39 bits per heavy atom. The Morgan fingerprint density at radius 2 is 2.17 bits per heavy atom. The van der Waals surface area contributed by atoms with Crippen molar-refractivity contribution >= 4 is 0 Å². The first kappa shape index (κ1) is 13.5. The molecule has 1 aromatic rings. The molecule has 2 unspecified atom stereocenters. The number of benzene rings is 1. The summed E-state index contributed by atoms with van der Waals surface area (Å²) in [5.41, 5.74) is 2.90. The Morgan fingerprint density at radius 3 is 2.94 bits per heavy atom. The second-order valence-electron chi connectivity index (χ2n) is 5.44. The largest absolute Gasteiger partial charge is 0.313 e. The average Bonchev–Trinajstić information content (AvgIpc) is 2.58. The van der Waals surface area contributed by atoms with Crippen molar-refractivity contribution < 1.29 is 0 Å². The lowest BCUT2D eigenvalue weighted by Crippen LogP contribution is -2.37. The van der Waals surface area contributed by atoms with E-state index in [2.05, 4.69) is 60.8 Å². The molecule has 1 aliphatic heterocycles. The number of hydrogen-bond acceptors (Lipinski definition) is 3. The Hall–Kier alpha value is -0.900. The van der Waals surface area contributed by atoms with Gasteiger partial charge >= 0.3 is 0 Å². The number of rotatable bonds is 4. The molecule has 0 aromatic heterocycles. The van der Waals surface area contributed by atoms with E-state index in [0.29, 0.717) is 12.1 Å². The maximum atomic E-state index is 3.72. The summed E-state index contributed by atoms with van der Waals surface area (Å²) in [6.07, 6.45) is 1.16. The summed E-state index contributed by atoms with van der Waals surface area (Å²) in [5, 5.41) is 7.21. The highest BCUT2D eigenvalue weighted by atomic mass is 15.1. The Bertz CT molecular complexity index is 376. The SMILES string of the molecule is CC(CNC1CCNCc2ccccc21)N(C)C. The maximum absolute atomic E-state index is 3.72. The number of nitrogens with zero attached hydrogens (tertiary/aromatic N) is 1. The molecule has 2 rings (SSSR count). The highest BCUT2D eigenvalue weighted by Gasteiger charge is 2.18. The van der Waals surface area contributed by atoms with Gasteiger partial charge in [0.1, 0.15) is 0 Å². The van der Waals surface area contributed by atoms with E-state index in [1.807, 2.05) is 0 Å². The van der Waals surface area contributed by atoms with Crippen LogP contribution in [0.15, 0.2) is 24.3 Å². The lowest BCUT2D eigenvalue weighted by Gasteiger charge is -2.25. The minimum absolute atomic E-state index is 0.485. The molecule has 2 N–H and O–H groups in total. The number of nitrogens with one attached hydrogen (secondary N) is 2. The van der Waals surface area contributed by atoms with Crippen LogP contribution in [0, 0.1) is 0 Å². The van der Waals surface area contributed by atoms with E-state index in [1.165, 1.54) is 11.1 Å². The van der Waals surface area contributed by atoms with Gasteiger partial charge in [-0.3, -0.25) is 0 Å². The molecule has 1 aliphatic rings. The zero-order valence-electron chi connectivity index (χ0n) is 11.7. The van der Waals surface area contributed by atoms with Crippen molar-refractivity contribution in [3.05, 3.63) is 35.4 Å². The molecule has 18 heavy (non-hydrogen) atoms. The highest BCUT2D eigenvalue weighted by molar-refractivity contribution is 5.31. The molecule has 3 nitrogen and oxygen atoms in total. The zero-order chi connectivity index (χ0) is 13.0. The average molecular weight is 247 g/mol. The van der Waals surface area contributed by atoms with E-state index < -0.39 is 0 Å². The van der Waals surface area contributed by atoms with E-state index in [9.17, 15) is 0 Å². The van der Waals surface area contributed by atoms with Crippen molar-refractivity contribution in [1.29, 1.82) is 0 Å². The van der Waals surface area contributed by atoms with Crippen molar-refractivity contribution in [1.82, 2.24) is 15.5 Å². The first-order chi connectivity index (χ1) is 8.68. The van der Waals surface area contributed by atoms with Gasteiger partial charge in [0.25, 0.3) is 0 Å². The topological polar surface area (TPSA) is 27.3 Å². The zero-order valence-corrected chi connectivity index (χ0v) is 11.7. The third-order valence-corrected chi connectivity index (χ3v) is 3.90. The molecule has 0 fully saturated rings. The Kier molecular flexibility index (Phi) is 4.75. The van der Waals surface area contributed by atoms with Crippen LogP contribution in [0.25, 0.3) is 0 Å². The van der Waals surface area contributed by atoms with Gasteiger partial charge in [0, 0.05) is 25.2 Å². The van der Waals surface area contributed by atoms with Crippen LogP contribution in [0.3, 0.4) is 0 Å². The molecule has 0 saturated heterocycles. The molecule has 0 spiro atoms. The summed E-state index contributed by atoms with van der Waals surface area (Å²) in [6, 6.07) is 9.82. The summed E-state index contributed by atoms with van der Waals surface area (Å²) < 4.78 is 0. The molecule has 0 bridgehead atoms. The quantitative estimate of drug-likeness (QED) is 0.849. The normalized spacial score (nSPS) is 21.4. The van der Waals surface area contributed by atoms with Crippen LogP contribution in [-0.2, 0) is 6.54 Å². The molecular formula is C15H25N3. The Balaban J connectivity index is 2.04. The monoisotopic (exact) mass is 247 g/mol. The van der Waals surface area contributed by atoms with Crippen molar-refractivity contribution in [2.75, 3.05) is 27.2 Å². The smallest absolute Gasteiger partial charge is 0.0336 e. The summed E-state index contributed by atoms with van der Waals surface area (Å²) in [5.74, 6) is 0. The van der Waals surface area contributed by atoms with Gasteiger partial charge in [0.15, 0.2) is 0 Å². The molecule has 0 amide bonds. The van der Waals surface area contributed by atoms with Crippen LogP contribution in [0.5, 0.6) is 0 Å². The molecule has 2 atom stereocenters. The lowest BCUT2D eigenvalue weighted by molar-refractivity contribution is 0.291. The first-order valence-electron chi connectivity index (χ1n) is 6.87. The van der Waals surface area contributed by atoms with E-state index in [1.54, 1.807) is 0 Å². The van der Waals surface area contributed by atoms with Gasteiger partial charge < -0.3 is 15.5 Å². The van der Waals surface area contributed by atoms with Crippen LogP contribution in [0.2, 0.25) is 0 Å². The van der Waals surface area contributed by atoms with Gasteiger partial charge in [-0.1, -0.05) is 24.3 Å². The van der Waals surface area contributed by atoms with E-state index in [-0.39, 0.29) is 0 Å². The Labute approximate surface area is 111 Å². The van der Waals surface area contributed by atoms with Gasteiger partial charge in [-0.05, 0) is 45.1 Å². The fourth-order valence-corrected chi connectivity index (χ4v) is 2.37. The van der Waals surface area contributed by atoms with Gasteiger partial charge in [-0.15, -0.1) is 0 Å². The predicted octanol–water partition coefficient (Wildman–Crippen LogP) is 1.76. The minimum Gasteiger partial charge on any atom is -0.313 e. The van der Waals surface area contributed by atoms with Crippen molar-refractivity contribution in [3.8, 4) is 0 Å². The number of fused-ring (bicyclic) bond motifs is 1. The van der Waals surface area contributed by atoms with Gasteiger partial charge in [0.2, 0.25) is 0 Å². The van der Waals surface area contributed by atoms with Crippen LogP contribution >= 0.6 is 0 Å². The maximum Gasteiger partial charge on any atom is 0.0336 e. The summed E-state index contributed by atoms with van der Waals surface area (Å²) in [7, 11) is 4.27. The fourth-order valence-electron chi connectivity index (χ4n) is 2.37. The number of hydrogen-bond donors (Lipinski definition) is 2. The second kappa shape index (κ2) is 6.32. The first-order valence-corrected chi connectivity index (χ1v) is 6.87. The van der Waals surface area contributed by atoms with Crippen molar-refractivity contribution in [2.45, 2.75) is 32.0 Å². The molecular weight excluding hydrogens is 222 g/mol. The molecule has 1 heterocycles. The van der Waals surface area contributed by atoms with E-state index in [0.717, 1.165) is 26.1 Å².